The number of carbonyl (C=O) groups excluding carboxylic acids is 1. The fourth-order valence-corrected chi connectivity index (χ4v) is 2.08. The van der Waals surface area contributed by atoms with Crippen LogP contribution in [-0.4, -0.2) is 28.7 Å². The van der Waals surface area contributed by atoms with Crippen LogP contribution in [0.25, 0.3) is 0 Å². The van der Waals surface area contributed by atoms with Crippen molar-refractivity contribution in [3.05, 3.63) is 35.9 Å². The van der Waals surface area contributed by atoms with Gasteiger partial charge in [-0.05, 0) is 26.3 Å². The highest BCUT2D eigenvalue weighted by molar-refractivity contribution is 6.18. The molecule has 0 spiro atoms. The van der Waals surface area contributed by atoms with Crippen LogP contribution in [0.5, 0.6) is 0 Å². The van der Waals surface area contributed by atoms with Crippen LogP contribution < -0.4 is 5.73 Å². The lowest BCUT2D eigenvalue weighted by Crippen LogP contribution is -2.42. The molecule has 112 valence electrons. The Bertz CT molecular complexity index is 430. The molecule has 0 aliphatic rings. The van der Waals surface area contributed by atoms with Crippen molar-refractivity contribution in [1.29, 1.82) is 0 Å². The van der Waals surface area contributed by atoms with E-state index in [4.69, 9.17) is 22.1 Å². The number of aliphatic hydroxyl groups is 1. The summed E-state index contributed by atoms with van der Waals surface area (Å²) in [6, 6.07) is 8.46. The molecule has 0 saturated heterocycles. The van der Waals surface area contributed by atoms with E-state index in [0.29, 0.717) is 0 Å². The van der Waals surface area contributed by atoms with Gasteiger partial charge in [0.1, 0.15) is 11.5 Å². The molecule has 0 heterocycles. The highest BCUT2D eigenvalue weighted by Gasteiger charge is 2.36. The number of hydrogen-bond acceptors (Lipinski definition) is 4. The third-order valence-corrected chi connectivity index (χ3v) is 3.14. The Labute approximate surface area is 124 Å². The first-order valence-corrected chi connectivity index (χ1v) is 7.07. The number of aliphatic hydroxyl groups excluding tert-OH is 1. The van der Waals surface area contributed by atoms with E-state index in [-0.39, 0.29) is 5.88 Å². The van der Waals surface area contributed by atoms with E-state index in [1.165, 1.54) is 0 Å². The monoisotopic (exact) mass is 299 g/mol. The van der Waals surface area contributed by atoms with Crippen molar-refractivity contribution in [2.45, 2.75) is 38.5 Å². The van der Waals surface area contributed by atoms with Gasteiger partial charge in [0.25, 0.3) is 0 Å². The Balaban J connectivity index is 2.98. The Morgan fingerprint density at radius 2 is 1.90 bits per heavy atom. The van der Waals surface area contributed by atoms with Crippen LogP contribution in [-0.2, 0) is 9.53 Å². The third kappa shape index (κ3) is 4.78. The molecular formula is C15H22ClNO3. The Kier molecular flexibility index (Phi) is 5.99. The van der Waals surface area contributed by atoms with E-state index in [2.05, 4.69) is 0 Å². The minimum absolute atomic E-state index is 0.0789. The molecule has 0 radical (unpaired) electrons. The van der Waals surface area contributed by atoms with Crippen molar-refractivity contribution in [1.82, 2.24) is 0 Å². The lowest BCUT2D eigenvalue weighted by molar-refractivity contribution is -0.164. The average Bonchev–Trinajstić information content (AvgIpc) is 2.37. The maximum Gasteiger partial charge on any atom is 0.314 e. The molecule has 3 atom stereocenters. The number of rotatable bonds is 5. The molecule has 20 heavy (non-hydrogen) atoms. The molecule has 0 aliphatic heterocycles. The fourth-order valence-electron chi connectivity index (χ4n) is 1.89. The molecule has 0 fully saturated rings. The Morgan fingerprint density at radius 3 is 2.35 bits per heavy atom. The predicted molar refractivity (Wildman–Crippen MR) is 79.4 cm³/mol. The zero-order valence-corrected chi connectivity index (χ0v) is 12.8. The molecule has 0 amide bonds. The van der Waals surface area contributed by atoms with E-state index in [1.54, 1.807) is 20.8 Å². The smallest absolute Gasteiger partial charge is 0.314 e. The van der Waals surface area contributed by atoms with Crippen molar-refractivity contribution in [2.75, 3.05) is 5.88 Å². The number of nitrogens with two attached hydrogens (primary N) is 1. The van der Waals surface area contributed by atoms with Gasteiger partial charge < -0.3 is 15.6 Å². The number of esters is 1. The summed E-state index contributed by atoms with van der Waals surface area (Å²) in [5.74, 6) is -1.51. The lowest BCUT2D eigenvalue weighted by Gasteiger charge is -2.29. The number of hydrogen-bond donors (Lipinski definition) is 2. The fraction of sp³-hybridized carbons (Fsp3) is 0.533. The van der Waals surface area contributed by atoms with E-state index >= 15 is 0 Å². The topological polar surface area (TPSA) is 72.5 Å². The zero-order chi connectivity index (χ0) is 15.3. The molecule has 3 N–H and O–H groups in total. The van der Waals surface area contributed by atoms with Crippen LogP contribution in [0.15, 0.2) is 30.3 Å². The van der Waals surface area contributed by atoms with Crippen molar-refractivity contribution >= 4 is 17.6 Å². The third-order valence-electron chi connectivity index (χ3n) is 2.82. The number of ether oxygens (including phenoxy) is 1. The summed E-state index contributed by atoms with van der Waals surface area (Å²) >= 11 is 5.68. The normalized spacial score (nSPS) is 16.3. The van der Waals surface area contributed by atoms with Gasteiger partial charge in [0.15, 0.2) is 0 Å². The minimum Gasteiger partial charge on any atom is -0.460 e. The summed E-state index contributed by atoms with van der Waals surface area (Å²) < 4.78 is 5.33. The summed E-state index contributed by atoms with van der Waals surface area (Å²) in [4.78, 5) is 12.3. The van der Waals surface area contributed by atoms with Gasteiger partial charge in [-0.2, -0.15) is 0 Å². The van der Waals surface area contributed by atoms with Crippen LogP contribution in [0.2, 0.25) is 0 Å². The summed E-state index contributed by atoms with van der Waals surface area (Å²) in [5.41, 5.74) is 6.23. The van der Waals surface area contributed by atoms with Gasteiger partial charge in [0.2, 0.25) is 0 Å². The average molecular weight is 300 g/mol. The number of benzene rings is 1. The molecule has 0 aliphatic carbocycles. The molecule has 0 bridgehead atoms. The van der Waals surface area contributed by atoms with Gasteiger partial charge in [-0.3, -0.25) is 4.79 Å². The second-order valence-corrected chi connectivity index (χ2v) is 6.03. The Morgan fingerprint density at radius 1 is 1.35 bits per heavy atom. The number of carbonyl (C=O) groups is 1. The van der Waals surface area contributed by atoms with Crippen LogP contribution in [0.4, 0.5) is 0 Å². The first-order chi connectivity index (χ1) is 9.26. The van der Waals surface area contributed by atoms with E-state index in [0.717, 1.165) is 5.56 Å². The summed E-state index contributed by atoms with van der Waals surface area (Å²) in [5, 5.41) is 10.0. The first-order valence-electron chi connectivity index (χ1n) is 6.53. The maximum atomic E-state index is 12.3. The standard InChI is InChI=1S/C15H22ClNO3/c1-15(2,3)20-14(19)12(11(18)9-16)13(17)10-7-5-4-6-8-10/h4-8,11-13,18H,9,17H2,1-3H3. The number of alkyl halides is 1. The molecule has 3 unspecified atom stereocenters. The van der Waals surface area contributed by atoms with Gasteiger partial charge in [-0.15, -0.1) is 11.6 Å². The second-order valence-electron chi connectivity index (χ2n) is 5.72. The zero-order valence-electron chi connectivity index (χ0n) is 12.0. The first kappa shape index (κ1) is 17.0. The Hall–Kier alpha value is -1.10. The quantitative estimate of drug-likeness (QED) is 0.646. The van der Waals surface area contributed by atoms with E-state index < -0.39 is 29.6 Å². The highest BCUT2D eigenvalue weighted by atomic mass is 35.5. The van der Waals surface area contributed by atoms with Crippen LogP contribution in [0, 0.1) is 5.92 Å². The van der Waals surface area contributed by atoms with Gasteiger partial charge >= 0.3 is 5.97 Å². The van der Waals surface area contributed by atoms with Crippen LogP contribution in [0.3, 0.4) is 0 Å². The van der Waals surface area contributed by atoms with Gasteiger partial charge in [-0.25, -0.2) is 0 Å². The van der Waals surface area contributed by atoms with Crippen molar-refractivity contribution in [2.24, 2.45) is 11.7 Å². The minimum atomic E-state index is -1.05. The van der Waals surface area contributed by atoms with Gasteiger partial charge in [-0.1, -0.05) is 30.3 Å². The molecule has 0 aromatic heterocycles. The van der Waals surface area contributed by atoms with E-state index in [9.17, 15) is 9.90 Å². The second kappa shape index (κ2) is 7.07. The van der Waals surface area contributed by atoms with E-state index in [1.807, 2.05) is 30.3 Å². The highest BCUT2D eigenvalue weighted by Crippen LogP contribution is 2.26. The molecule has 1 rings (SSSR count). The predicted octanol–water partition coefficient (Wildman–Crippen LogP) is 2.24. The lowest BCUT2D eigenvalue weighted by atomic mass is 9.89. The molecule has 5 heteroatoms. The van der Waals surface area contributed by atoms with Crippen molar-refractivity contribution in [3.8, 4) is 0 Å². The molecule has 0 saturated carbocycles. The largest absolute Gasteiger partial charge is 0.460 e. The van der Waals surface area contributed by atoms with Gasteiger partial charge in [0.05, 0.1) is 6.10 Å². The van der Waals surface area contributed by atoms with Gasteiger partial charge in [0, 0.05) is 11.9 Å². The summed E-state index contributed by atoms with van der Waals surface area (Å²) in [7, 11) is 0. The molecule has 1 aromatic carbocycles. The van der Waals surface area contributed by atoms with Crippen molar-refractivity contribution < 1.29 is 14.6 Å². The summed E-state index contributed by atoms with van der Waals surface area (Å²) in [6.45, 7) is 5.30. The maximum absolute atomic E-state index is 12.3. The molecular weight excluding hydrogens is 278 g/mol. The van der Waals surface area contributed by atoms with Crippen molar-refractivity contribution in [3.63, 3.8) is 0 Å². The number of halogens is 1. The SMILES string of the molecule is CC(C)(C)OC(=O)C(C(O)CCl)C(N)c1ccccc1. The van der Waals surface area contributed by atoms with Crippen LogP contribution in [0.1, 0.15) is 32.4 Å². The molecule has 4 nitrogen and oxygen atoms in total. The molecule has 1 aromatic rings. The van der Waals surface area contributed by atoms with Crippen LogP contribution >= 0.6 is 11.6 Å². The summed E-state index contributed by atoms with van der Waals surface area (Å²) in [6.07, 6.45) is -1.05.